The van der Waals surface area contributed by atoms with Gasteiger partial charge in [0.1, 0.15) is 41.3 Å². The van der Waals surface area contributed by atoms with Crippen LogP contribution in [0, 0.1) is 11.3 Å². The van der Waals surface area contributed by atoms with Crippen LogP contribution in [0.1, 0.15) is 41.2 Å². The second kappa shape index (κ2) is 9.75. The molecule has 0 amide bonds. The Labute approximate surface area is 233 Å². The Balaban J connectivity index is 1.19. The van der Waals surface area contributed by atoms with Crippen molar-refractivity contribution in [3.8, 4) is 23.1 Å². The third-order valence-corrected chi connectivity index (χ3v) is 7.67. The number of β-amino-alcohol motifs (C(OH)–C–C–N with tert-alkyl or cyclic N) is 1. The molecule has 11 heteroatoms. The number of benzene rings is 1. The highest BCUT2D eigenvalue weighted by Crippen LogP contribution is 2.46. The van der Waals surface area contributed by atoms with Crippen LogP contribution in [0.5, 0.6) is 5.75 Å². The van der Waals surface area contributed by atoms with E-state index < -0.39 is 5.60 Å². The molecular weight excluding hydrogens is 549 g/mol. The lowest BCUT2D eigenvalue weighted by Crippen LogP contribution is -2.60. The van der Waals surface area contributed by atoms with E-state index in [2.05, 4.69) is 15.1 Å². The molecule has 1 saturated heterocycles. The van der Waals surface area contributed by atoms with E-state index in [4.69, 9.17) is 49.3 Å². The molecule has 3 aromatic heterocycles. The van der Waals surface area contributed by atoms with Gasteiger partial charge in [-0.15, -0.1) is 0 Å². The van der Waals surface area contributed by atoms with Crippen molar-refractivity contribution in [2.24, 2.45) is 0 Å². The molecule has 38 heavy (non-hydrogen) atoms. The molecule has 4 aromatic rings. The fourth-order valence-electron chi connectivity index (χ4n) is 4.64. The zero-order valence-electron chi connectivity index (χ0n) is 19.9. The summed E-state index contributed by atoms with van der Waals surface area (Å²) in [6, 6.07) is 10.7. The molecule has 1 aliphatic heterocycles. The van der Waals surface area contributed by atoms with Crippen LogP contribution in [0.15, 0.2) is 53.4 Å². The first-order valence-electron chi connectivity index (χ1n) is 11.9. The van der Waals surface area contributed by atoms with Gasteiger partial charge in [0.05, 0.1) is 39.3 Å². The SMILES string of the molecule is N#Cc1ccc(N2CC(O)(c3ccc(OCc4c(-c5c(Cl)cncc5Cl)noc4C4CC4)cc3Cl)C2)nc1. The molecule has 0 radical (unpaired) electrons. The number of hydrogen-bond acceptors (Lipinski definition) is 8. The summed E-state index contributed by atoms with van der Waals surface area (Å²) in [5.41, 5.74) is 1.84. The topological polar surface area (TPSA) is 108 Å². The zero-order chi connectivity index (χ0) is 26.4. The van der Waals surface area contributed by atoms with Gasteiger partial charge in [-0.05, 0) is 37.1 Å². The highest BCUT2D eigenvalue weighted by molar-refractivity contribution is 6.38. The number of aliphatic hydroxyl groups is 1. The van der Waals surface area contributed by atoms with Crippen molar-refractivity contribution >= 4 is 40.6 Å². The smallest absolute Gasteiger partial charge is 0.147 e. The van der Waals surface area contributed by atoms with E-state index in [0.717, 1.165) is 24.2 Å². The molecule has 1 aromatic carbocycles. The fraction of sp³-hybridized carbons (Fsp3) is 0.259. The van der Waals surface area contributed by atoms with Crippen molar-refractivity contribution in [2.75, 3.05) is 18.0 Å². The van der Waals surface area contributed by atoms with Gasteiger partial charge >= 0.3 is 0 Å². The summed E-state index contributed by atoms with van der Waals surface area (Å²) in [7, 11) is 0. The molecule has 8 nitrogen and oxygen atoms in total. The summed E-state index contributed by atoms with van der Waals surface area (Å²) < 4.78 is 11.8. The molecule has 2 fully saturated rings. The molecule has 1 saturated carbocycles. The lowest BCUT2D eigenvalue weighted by molar-refractivity contribution is 0.00712. The summed E-state index contributed by atoms with van der Waals surface area (Å²) in [6.45, 7) is 0.833. The van der Waals surface area contributed by atoms with Crippen LogP contribution < -0.4 is 9.64 Å². The van der Waals surface area contributed by atoms with E-state index in [1.165, 1.54) is 18.6 Å². The molecule has 0 bridgehead atoms. The predicted octanol–water partition coefficient (Wildman–Crippen LogP) is 6.13. The van der Waals surface area contributed by atoms with Gasteiger partial charge in [-0.25, -0.2) is 4.98 Å². The number of anilines is 1. The molecule has 2 aliphatic rings. The maximum atomic E-state index is 11.2. The second-order valence-corrected chi connectivity index (χ2v) is 10.7. The van der Waals surface area contributed by atoms with Gasteiger partial charge in [-0.3, -0.25) is 4.98 Å². The number of nitriles is 1. The number of aromatic nitrogens is 3. The van der Waals surface area contributed by atoms with Gasteiger partial charge in [-0.1, -0.05) is 46.0 Å². The van der Waals surface area contributed by atoms with Crippen LogP contribution in [0.3, 0.4) is 0 Å². The average Bonchev–Trinajstić information content (AvgIpc) is 3.66. The first-order valence-corrected chi connectivity index (χ1v) is 13.0. The molecule has 0 spiro atoms. The van der Waals surface area contributed by atoms with Crippen LogP contribution in [0.2, 0.25) is 15.1 Å². The van der Waals surface area contributed by atoms with E-state index in [-0.39, 0.29) is 6.61 Å². The van der Waals surface area contributed by atoms with Crippen molar-refractivity contribution in [1.82, 2.24) is 15.1 Å². The summed E-state index contributed by atoms with van der Waals surface area (Å²) in [5, 5.41) is 25.6. The van der Waals surface area contributed by atoms with Crippen LogP contribution >= 0.6 is 34.8 Å². The minimum absolute atomic E-state index is 0.178. The van der Waals surface area contributed by atoms with Crippen LogP contribution in [0.4, 0.5) is 5.82 Å². The van der Waals surface area contributed by atoms with E-state index in [0.29, 0.717) is 68.0 Å². The van der Waals surface area contributed by atoms with Crippen molar-refractivity contribution in [3.05, 3.63) is 86.4 Å². The fourth-order valence-corrected chi connectivity index (χ4v) is 5.53. The van der Waals surface area contributed by atoms with Crippen LogP contribution in [-0.2, 0) is 12.2 Å². The largest absolute Gasteiger partial charge is 0.489 e. The number of hydrogen-bond donors (Lipinski definition) is 1. The Bertz CT molecular complexity index is 1540. The standard InChI is InChI=1S/C27H20Cl3N5O3/c28-20-7-17(4-5-19(20)27(36)13-35(14-27)23-6-1-15(8-31)9-33-23)37-12-18-25(34-38-26(18)16-2-3-16)24-21(29)10-32-11-22(24)30/h1,4-7,9-11,16,36H,2-3,12-14H2. The maximum absolute atomic E-state index is 11.2. The van der Waals surface area contributed by atoms with Crippen molar-refractivity contribution in [2.45, 2.75) is 31.0 Å². The van der Waals surface area contributed by atoms with Crippen molar-refractivity contribution < 1.29 is 14.4 Å². The Morgan fingerprint density at radius 3 is 2.47 bits per heavy atom. The average molecular weight is 569 g/mol. The molecule has 192 valence electrons. The molecule has 0 atom stereocenters. The normalized spacial score (nSPS) is 16.1. The summed E-state index contributed by atoms with van der Waals surface area (Å²) in [4.78, 5) is 10.2. The lowest BCUT2D eigenvalue weighted by Gasteiger charge is -2.47. The highest BCUT2D eigenvalue weighted by Gasteiger charge is 2.44. The second-order valence-electron chi connectivity index (χ2n) is 9.46. The Hall–Kier alpha value is -3.35. The van der Waals surface area contributed by atoms with Gasteiger partial charge in [0.15, 0.2) is 0 Å². The van der Waals surface area contributed by atoms with Crippen molar-refractivity contribution in [1.29, 1.82) is 5.26 Å². The van der Waals surface area contributed by atoms with E-state index in [1.807, 2.05) is 11.0 Å². The summed E-state index contributed by atoms with van der Waals surface area (Å²) in [5.74, 6) is 2.29. The minimum atomic E-state index is -1.12. The van der Waals surface area contributed by atoms with Gasteiger partial charge in [0.25, 0.3) is 0 Å². The number of nitrogens with zero attached hydrogens (tertiary/aromatic N) is 5. The van der Waals surface area contributed by atoms with E-state index >= 15 is 0 Å². The Morgan fingerprint density at radius 2 is 1.84 bits per heavy atom. The molecule has 0 unspecified atom stereocenters. The Kier molecular flexibility index (Phi) is 6.40. The predicted molar refractivity (Wildman–Crippen MR) is 143 cm³/mol. The quantitative estimate of drug-likeness (QED) is 0.284. The van der Waals surface area contributed by atoms with Gasteiger partial charge in [0, 0.05) is 35.6 Å². The zero-order valence-corrected chi connectivity index (χ0v) is 22.1. The monoisotopic (exact) mass is 567 g/mol. The van der Waals surface area contributed by atoms with E-state index in [1.54, 1.807) is 30.3 Å². The number of ether oxygens (including phenoxy) is 1. The Morgan fingerprint density at radius 1 is 1.08 bits per heavy atom. The number of pyridine rings is 2. The van der Waals surface area contributed by atoms with Crippen LogP contribution in [-0.4, -0.2) is 33.3 Å². The molecule has 1 aliphatic carbocycles. The highest BCUT2D eigenvalue weighted by atomic mass is 35.5. The summed E-state index contributed by atoms with van der Waals surface area (Å²) in [6.07, 6.45) is 6.58. The molecule has 6 rings (SSSR count). The number of halogens is 3. The minimum Gasteiger partial charge on any atom is -0.489 e. The summed E-state index contributed by atoms with van der Waals surface area (Å²) >= 11 is 19.4. The lowest BCUT2D eigenvalue weighted by atomic mass is 9.86. The van der Waals surface area contributed by atoms with Crippen molar-refractivity contribution in [3.63, 3.8) is 0 Å². The third-order valence-electron chi connectivity index (χ3n) is 6.79. The first-order chi connectivity index (χ1) is 18.4. The first kappa shape index (κ1) is 25.0. The maximum Gasteiger partial charge on any atom is 0.147 e. The molecular formula is C27H20Cl3N5O3. The van der Waals surface area contributed by atoms with Gasteiger partial charge in [0.2, 0.25) is 0 Å². The van der Waals surface area contributed by atoms with E-state index in [9.17, 15) is 5.11 Å². The third kappa shape index (κ3) is 4.56. The molecule has 1 N–H and O–H groups in total. The van der Waals surface area contributed by atoms with Crippen LogP contribution in [0.25, 0.3) is 11.3 Å². The number of rotatable bonds is 7. The van der Waals surface area contributed by atoms with Gasteiger partial charge < -0.3 is 19.3 Å². The molecule has 4 heterocycles. The van der Waals surface area contributed by atoms with Gasteiger partial charge in [-0.2, -0.15) is 5.26 Å².